The van der Waals surface area contributed by atoms with E-state index in [0.29, 0.717) is 0 Å². The minimum atomic E-state index is -0.531. The van der Waals surface area contributed by atoms with Crippen LogP contribution < -0.4 is 4.90 Å². The van der Waals surface area contributed by atoms with Crippen LogP contribution in [0.4, 0.5) is 17.1 Å². The topological polar surface area (TPSA) is 16.4 Å². The zero-order chi connectivity index (χ0) is 40.3. The van der Waals surface area contributed by atoms with Crippen molar-refractivity contribution in [1.82, 2.24) is 0 Å². The normalized spacial score (nSPS) is 12.7. The molecule has 1 heterocycles. The van der Waals surface area contributed by atoms with Crippen LogP contribution in [0, 0.1) is 0 Å². The van der Waals surface area contributed by atoms with Crippen LogP contribution in [-0.2, 0) is 5.41 Å². The van der Waals surface area contributed by atoms with Gasteiger partial charge >= 0.3 is 0 Å². The summed E-state index contributed by atoms with van der Waals surface area (Å²) in [6.45, 7) is 0. The summed E-state index contributed by atoms with van der Waals surface area (Å²) in [5, 5.41) is 4.48. The molecule has 1 aromatic heterocycles. The zero-order valence-electron chi connectivity index (χ0n) is 33.4. The van der Waals surface area contributed by atoms with Crippen molar-refractivity contribution in [2.24, 2.45) is 0 Å². The fourth-order valence-corrected chi connectivity index (χ4v) is 10.1. The molecular weight excluding hydrogens is 739 g/mol. The Morgan fingerprint density at radius 2 is 0.869 bits per heavy atom. The van der Waals surface area contributed by atoms with Gasteiger partial charge in [-0.15, -0.1) is 0 Å². The quantitative estimate of drug-likeness (QED) is 0.160. The highest BCUT2D eigenvalue weighted by molar-refractivity contribution is 6.20. The molecule has 61 heavy (non-hydrogen) atoms. The molecule has 286 valence electrons. The summed E-state index contributed by atoms with van der Waals surface area (Å²) < 4.78 is 6.57. The summed E-state index contributed by atoms with van der Waals surface area (Å²) in [6.07, 6.45) is 0. The molecule has 0 fully saturated rings. The molecule has 2 nitrogen and oxygen atoms in total. The van der Waals surface area contributed by atoms with Gasteiger partial charge < -0.3 is 9.32 Å². The molecule has 12 rings (SSSR count). The molecule has 0 atom stereocenters. The Morgan fingerprint density at radius 1 is 0.328 bits per heavy atom. The second kappa shape index (κ2) is 14.1. The highest BCUT2D eigenvalue weighted by Crippen LogP contribution is 2.57. The molecular formula is C59H39NO. The largest absolute Gasteiger partial charge is 0.455 e. The van der Waals surface area contributed by atoms with Gasteiger partial charge in [0.05, 0.1) is 11.1 Å². The minimum absolute atomic E-state index is 0.531. The first kappa shape index (κ1) is 35.0. The third-order valence-electron chi connectivity index (χ3n) is 12.8. The van der Waals surface area contributed by atoms with Gasteiger partial charge in [-0.25, -0.2) is 0 Å². The van der Waals surface area contributed by atoms with Crippen molar-refractivity contribution in [3.05, 3.63) is 259 Å². The second-order valence-electron chi connectivity index (χ2n) is 16.0. The molecule has 0 spiro atoms. The van der Waals surface area contributed by atoms with Crippen molar-refractivity contribution in [1.29, 1.82) is 0 Å². The van der Waals surface area contributed by atoms with E-state index < -0.39 is 5.41 Å². The Kier molecular flexibility index (Phi) is 8.11. The van der Waals surface area contributed by atoms with Gasteiger partial charge in [0.1, 0.15) is 11.2 Å². The van der Waals surface area contributed by atoms with E-state index >= 15 is 0 Å². The predicted molar refractivity (Wildman–Crippen MR) is 254 cm³/mol. The lowest BCUT2D eigenvalue weighted by atomic mass is 9.67. The molecule has 0 unspecified atom stereocenters. The summed E-state index contributed by atoms with van der Waals surface area (Å²) in [6, 6.07) is 86.1. The standard InChI is InChI=1S/C59H39NO/c1-4-18-40(19-5-1)41-32-34-44(35-33-41)60(56-30-16-13-26-49(56)52-39-53-50-27-14-17-31-57(50)61-58(53)51-28-11-10-24-46(51)52)45-36-37-48-47-25-12-15-29-54(47)59(55(48)38-45,42-20-6-2-7-21-42)43-22-8-3-9-23-43/h1-39H. The average molecular weight is 778 g/mol. The molecule has 1 aliphatic rings. The maximum atomic E-state index is 6.57. The third kappa shape index (κ3) is 5.43. The zero-order valence-corrected chi connectivity index (χ0v) is 33.4. The average Bonchev–Trinajstić information content (AvgIpc) is 3.86. The summed E-state index contributed by atoms with van der Waals surface area (Å²) in [5.41, 5.74) is 16.8. The number of fused-ring (bicyclic) bond motifs is 8. The number of rotatable bonds is 7. The van der Waals surface area contributed by atoms with Crippen LogP contribution in [0.15, 0.2) is 241 Å². The fraction of sp³-hybridized carbons (Fsp3) is 0.0169. The van der Waals surface area contributed by atoms with Gasteiger partial charge in [0, 0.05) is 33.1 Å². The van der Waals surface area contributed by atoms with Crippen molar-refractivity contribution in [2.75, 3.05) is 4.90 Å². The third-order valence-corrected chi connectivity index (χ3v) is 12.8. The molecule has 0 radical (unpaired) electrons. The van der Waals surface area contributed by atoms with E-state index in [2.05, 4.69) is 235 Å². The lowest BCUT2D eigenvalue weighted by molar-refractivity contribution is 0.672. The smallest absolute Gasteiger partial charge is 0.143 e. The van der Waals surface area contributed by atoms with E-state index in [-0.39, 0.29) is 0 Å². The van der Waals surface area contributed by atoms with Gasteiger partial charge in [-0.1, -0.05) is 194 Å². The van der Waals surface area contributed by atoms with Crippen LogP contribution in [0.25, 0.3) is 66.1 Å². The molecule has 0 amide bonds. The monoisotopic (exact) mass is 777 g/mol. The lowest BCUT2D eigenvalue weighted by Crippen LogP contribution is -2.28. The Morgan fingerprint density at radius 3 is 1.61 bits per heavy atom. The Labute approximate surface area is 355 Å². The predicted octanol–water partition coefficient (Wildman–Crippen LogP) is 15.9. The van der Waals surface area contributed by atoms with Gasteiger partial charge in [0.25, 0.3) is 0 Å². The first-order valence-corrected chi connectivity index (χ1v) is 21.0. The van der Waals surface area contributed by atoms with E-state index in [1.165, 1.54) is 44.5 Å². The van der Waals surface area contributed by atoms with Crippen molar-refractivity contribution < 1.29 is 4.42 Å². The molecule has 0 saturated heterocycles. The fourth-order valence-electron chi connectivity index (χ4n) is 10.1. The summed E-state index contributed by atoms with van der Waals surface area (Å²) in [4.78, 5) is 2.46. The van der Waals surface area contributed by atoms with Gasteiger partial charge in [0.2, 0.25) is 0 Å². The van der Waals surface area contributed by atoms with Gasteiger partial charge in [0.15, 0.2) is 0 Å². The molecule has 0 aliphatic heterocycles. The number of benzene rings is 10. The SMILES string of the molecule is c1ccc(-c2ccc(N(c3ccc4c(c3)C(c3ccccc3)(c3ccccc3)c3ccccc3-4)c3ccccc3-c3cc4c5ccccc5oc4c4ccccc34)cc2)cc1. The van der Waals surface area contributed by atoms with Crippen molar-refractivity contribution in [2.45, 2.75) is 5.41 Å². The summed E-state index contributed by atoms with van der Waals surface area (Å²) in [7, 11) is 0. The van der Waals surface area contributed by atoms with E-state index in [4.69, 9.17) is 4.42 Å². The van der Waals surface area contributed by atoms with Crippen LogP contribution in [-0.4, -0.2) is 0 Å². The van der Waals surface area contributed by atoms with Gasteiger partial charge in [-0.05, 0) is 97.9 Å². The first-order chi connectivity index (χ1) is 30.3. The van der Waals surface area contributed by atoms with Crippen LogP contribution in [0.3, 0.4) is 0 Å². The Bertz CT molecular complexity index is 3360. The van der Waals surface area contributed by atoms with Gasteiger partial charge in [-0.3, -0.25) is 0 Å². The van der Waals surface area contributed by atoms with Crippen LogP contribution in [0.2, 0.25) is 0 Å². The first-order valence-electron chi connectivity index (χ1n) is 21.0. The van der Waals surface area contributed by atoms with Crippen molar-refractivity contribution in [3.8, 4) is 33.4 Å². The maximum absolute atomic E-state index is 6.57. The number of anilines is 3. The van der Waals surface area contributed by atoms with E-state index in [9.17, 15) is 0 Å². The maximum Gasteiger partial charge on any atom is 0.143 e. The van der Waals surface area contributed by atoms with Crippen molar-refractivity contribution in [3.63, 3.8) is 0 Å². The second-order valence-corrected chi connectivity index (χ2v) is 16.0. The van der Waals surface area contributed by atoms with E-state index in [1.807, 2.05) is 6.07 Å². The summed E-state index contributed by atoms with van der Waals surface area (Å²) in [5.74, 6) is 0. The number of hydrogen-bond donors (Lipinski definition) is 0. The lowest BCUT2D eigenvalue weighted by Gasteiger charge is -2.35. The van der Waals surface area contributed by atoms with Crippen LogP contribution in [0.5, 0.6) is 0 Å². The van der Waals surface area contributed by atoms with Crippen LogP contribution >= 0.6 is 0 Å². The number of para-hydroxylation sites is 2. The van der Waals surface area contributed by atoms with E-state index in [1.54, 1.807) is 0 Å². The van der Waals surface area contributed by atoms with Gasteiger partial charge in [-0.2, -0.15) is 0 Å². The van der Waals surface area contributed by atoms with E-state index in [0.717, 1.165) is 60.9 Å². The number of furan rings is 1. The van der Waals surface area contributed by atoms with Crippen LogP contribution in [0.1, 0.15) is 22.3 Å². The molecule has 1 aliphatic carbocycles. The summed E-state index contributed by atoms with van der Waals surface area (Å²) >= 11 is 0. The molecule has 0 N–H and O–H groups in total. The molecule has 0 bridgehead atoms. The highest BCUT2D eigenvalue weighted by Gasteiger charge is 2.46. The molecule has 10 aromatic carbocycles. The number of nitrogens with zero attached hydrogens (tertiary/aromatic N) is 1. The Hall–Kier alpha value is -7.94. The highest BCUT2D eigenvalue weighted by atomic mass is 16.3. The molecule has 0 saturated carbocycles. The van der Waals surface area contributed by atoms with Crippen molar-refractivity contribution >= 4 is 49.8 Å². The minimum Gasteiger partial charge on any atom is -0.455 e. The Balaban J connectivity index is 1.14. The molecule has 2 heteroatoms. The number of hydrogen-bond acceptors (Lipinski definition) is 2. The molecule has 11 aromatic rings.